The molecule has 2 aromatic heterocycles. The molecule has 0 fully saturated rings. The summed E-state index contributed by atoms with van der Waals surface area (Å²) in [7, 11) is 0. The fraction of sp³-hybridized carbons (Fsp3) is 0.300. The molecule has 218 valence electrons. The summed E-state index contributed by atoms with van der Waals surface area (Å²) in [5, 5.41) is 2.27. The molecule has 0 spiro atoms. The Morgan fingerprint density at radius 3 is 1.42 bits per heavy atom. The monoisotopic (exact) mass is 566 g/mol. The molecule has 0 atom stereocenters. The molecule has 3 nitrogen and oxygen atoms in total. The second-order valence-electron chi connectivity index (χ2n) is 14.8. The Balaban J connectivity index is 1.74. The predicted octanol–water partition coefficient (Wildman–Crippen LogP) is 11.3. The van der Waals surface area contributed by atoms with E-state index in [2.05, 4.69) is 141 Å². The molecule has 3 heteroatoms. The average molecular weight is 567 g/mol. The summed E-state index contributed by atoms with van der Waals surface area (Å²) < 4.78 is 6.94. The lowest BCUT2D eigenvalue weighted by atomic mass is 9.79. The molecular weight excluding hydrogens is 524 g/mol. The molecule has 4 aromatic carbocycles. The van der Waals surface area contributed by atoms with Gasteiger partial charge in [0.1, 0.15) is 11.2 Å². The van der Waals surface area contributed by atoms with Gasteiger partial charge in [0.25, 0.3) is 0 Å². The topological polar surface area (TPSA) is 38.9 Å². The maximum absolute atomic E-state index is 6.94. The van der Waals surface area contributed by atoms with Crippen LogP contribution in [0.5, 0.6) is 0 Å². The van der Waals surface area contributed by atoms with Gasteiger partial charge >= 0.3 is 0 Å². The number of aromatic nitrogens is 2. The molecule has 0 amide bonds. The summed E-state index contributed by atoms with van der Waals surface area (Å²) in [4.78, 5) is 10.4. The molecule has 0 aliphatic heterocycles. The van der Waals surface area contributed by atoms with E-state index in [0.717, 1.165) is 50.0 Å². The van der Waals surface area contributed by atoms with Crippen molar-refractivity contribution in [3.63, 3.8) is 0 Å². The van der Waals surface area contributed by atoms with Crippen molar-refractivity contribution in [2.24, 2.45) is 0 Å². The zero-order valence-corrected chi connectivity index (χ0v) is 27.0. The number of rotatable bonds is 3. The zero-order chi connectivity index (χ0) is 30.7. The quantitative estimate of drug-likeness (QED) is 0.214. The van der Waals surface area contributed by atoms with Crippen LogP contribution in [0.3, 0.4) is 0 Å². The van der Waals surface area contributed by atoms with E-state index in [1.807, 2.05) is 12.1 Å². The Kier molecular flexibility index (Phi) is 6.84. The molecule has 0 unspecified atom stereocenters. The maximum atomic E-state index is 6.94. The number of furan rings is 1. The van der Waals surface area contributed by atoms with Crippen LogP contribution in [0.25, 0.3) is 55.8 Å². The lowest BCUT2D eigenvalue weighted by Crippen LogP contribution is -2.16. The minimum Gasteiger partial charge on any atom is -0.455 e. The first kappa shape index (κ1) is 28.9. The van der Waals surface area contributed by atoms with Crippen molar-refractivity contribution in [1.82, 2.24) is 9.97 Å². The number of fused-ring (bicyclic) bond motifs is 3. The highest BCUT2D eigenvalue weighted by Gasteiger charge is 2.28. The molecule has 0 radical (unpaired) electrons. The molecule has 43 heavy (non-hydrogen) atoms. The third-order valence-electron chi connectivity index (χ3n) is 8.32. The molecule has 6 rings (SSSR count). The smallest absolute Gasteiger partial charge is 0.164 e. The summed E-state index contributed by atoms with van der Waals surface area (Å²) in [6.07, 6.45) is 0. The Bertz CT molecular complexity index is 1890. The third kappa shape index (κ3) is 5.49. The molecule has 0 saturated heterocycles. The molecule has 0 bridgehead atoms. The van der Waals surface area contributed by atoms with E-state index < -0.39 is 0 Å². The van der Waals surface area contributed by atoms with E-state index in [1.54, 1.807) is 0 Å². The van der Waals surface area contributed by atoms with Crippen molar-refractivity contribution in [3.8, 4) is 33.9 Å². The highest BCUT2D eigenvalue weighted by Crippen LogP contribution is 2.44. The van der Waals surface area contributed by atoms with Crippen molar-refractivity contribution in [1.29, 1.82) is 0 Å². The molecule has 6 aromatic rings. The van der Waals surface area contributed by atoms with Gasteiger partial charge in [-0.2, -0.15) is 0 Å². The van der Waals surface area contributed by atoms with Crippen LogP contribution in [-0.2, 0) is 16.2 Å². The number of hydrogen-bond acceptors (Lipinski definition) is 3. The fourth-order valence-electron chi connectivity index (χ4n) is 5.65. The van der Waals surface area contributed by atoms with E-state index in [0.29, 0.717) is 5.82 Å². The van der Waals surface area contributed by atoms with Crippen LogP contribution in [0.2, 0.25) is 0 Å². The summed E-state index contributed by atoms with van der Waals surface area (Å²) >= 11 is 0. The zero-order valence-electron chi connectivity index (χ0n) is 27.0. The van der Waals surface area contributed by atoms with Crippen LogP contribution < -0.4 is 0 Å². The Hall–Kier alpha value is -4.24. The van der Waals surface area contributed by atoms with Crippen LogP contribution >= 0.6 is 0 Å². The van der Waals surface area contributed by atoms with Crippen molar-refractivity contribution < 1.29 is 4.42 Å². The van der Waals surface area contributed by atoms with Gasteiger partial charge in [0.2, 0.25) is 0 Å². The van der Waals surface area contributed by atoms with Crippen molar-refractivity contribution in [2.45, 2.75) is 78.6 Å². The van der Waals surface area contributed by atoms with Crippen LogP contribution in [-0.4, -0.2) is 9.97 Å². The highest BCUT2D eigenvalue weighted by molar-refractivity contribution is 6.11. The summed E-state index contributed by atoms with van der Waals surface area (Å²) in [5.74, 6) is 0.670. The second-order valence-corrected chi connectivity index (χ2v) is 14.8. The molecule has 0 aliphatic rings. The summed E-state index contributed by atoms with van der Waals surface area (Å²) in [6, 6.07) is 32.0. The molecule has 2 heterocycles. The standard InChI is InChI=1S/C40H42N2O/c1-38(2,3)27-20-29-30-21-28(39(4,5)6)23-32(40(7,8)9)36(30)43-35(29)31(22-27)37-41-33(25-16-12-10-13-17-25)24-34(42-37)26-18-14-11-15-19-26/h10-24H,1-9H3. The van der Waals surface area contributed by atoms with Crippen LogP contribution in [0.4, 0.5) is 0 Å². The second kappa shape index (κ2) is 10.2. The molecular formula is C40H42N2O. The first-order chi connectivity index (χ1) is 20.2. The normalized spacial score (nSPS) is 12.8. The average Bonchev–Trinajstić information content (AvgIpc) is 3.34. The van der Waals surface area contributed by atoms with Gasteiger partial charge in [-0.05, 0) is 51.6 Å². The lowest BCUT2D eigenvalue weighted by Gasteiger charge is -2.25. The van der Waals surface area contributed by atoms with Gasteiger partial charge in [-0.15, -0.1) is 0 Å². The Morgan fingerprint density at radius 2 is 0.953 bits per heavy atom. The van der Waals surface area contributed by atoms with Gasteiger partial charge in [0.05, 0.1) is 17.0 Å². The van der Waals surface area contributed by atoms with Gasteiger partial charge in [0, 0.05) is 27.5 Å². The Morgan fingerprint density at radius 1 is 0.488 bits per heavy atom. The Labute approximate surface area is 256 Å². The van der Waals surface area contributed by atoms with E-state index in [1.165, 1.54) is 16.7 Å². The van der Waals surface area contributed by atoms with Crippen LogP contribution in [0.15, 0.2) is 95.4 Å². The van der Waals surface area contributed by atoms with Gasteiger partial charge in [-0.3, -0.25) is 0 Å². The van der Waals surface area contributed by atoms with Gasteiger partial charge in [-0.25, -0.2) is 9.97 Å². The third-order valence-corrected chi connectivity index (χ3v) is 8.32. The van der Waals surface area contributed by atoms with Gasteiger partial charge in [0.15, 0.2) is 5.82 Å². The summed E-state index contributed by atoms with van der Waals surface area (Å²) in [6.45, 7) is 20.4. The molecule has 0 saturated carbocycles. The van der Waals surface area contributed by atoms with Crippen LogP contribution in [0.1, 0.15) is 79.0 Å². The van der Waals surface area contributed by atoms with E-state index in [4.69, 9.17) is 14.4 Å². The largest absolute Gasteiger partial charge is 0.455 e. The van der Waals surface area contributed by atoms with Gasteiger partial charge < -0.3 is 4.42 Å². The first-order valence-corrected chi connectivity index (χ1v) is 15.3. The minimum atomic E-state index is -0.0926. The first-order valence-electron chi connectivity index (χ1n) is 15.3. The number of hydrogen-bond donors (Lipinski definition) is 0. The van der Waals surface area contributed by atoms with Crippen LogP contribution in [0, 0.1) is 0 Å². The minimum absolute atomic E-state index is 0.0000376. The number of nitrogens with zero attached hydrogens (tertiary/aromatic N) is 2. The van der Waals surface area contributed by atoms with Crippen molar-refractivity contribution in [3.05, 3.63) is 108 Å². The SMILES string of the molecule is CC(C)(C)c1cc(-c2nc(-c3ccccc3)cc(-c3ccccc3)n2)c2oc3c(C(C)(C)C)cc(C(C)(C)C)cc3c2c1. The van der Waals surface area contributed by atoms with E-state index in [-0.39, 0.29) is 16.2 Å². The molecule has 0 N–H and O–H groups in total. The predicted molar refractivity (Wildman–Crippen MR) is 182 cm³/mol. The lowest BCUT2D eigenvalue weighted by molar-refractivity contribution is 0.559. The number of benzene rings is 4. The molecule has 0 aliphatic carbocycles. The van der Waals surface area contributed by atoms with Gasteiger partial charge in [-0.1, -0.05) is 129 Å². The van der Waals surface area contributed by atoms with Crippen molar-refractivity contribution in [2.75, 3.05) is 0 Å². The maximum Gasteiger partial charge on any atom is 0.164 e. The summed E-state index contributed by atoms with van der Waals surface area (Å²) in [5.41, 5.74) is 10.2. The highest BCUT2D eigenvalue weighted by atomic mass is 16.3. The van der Waals surface area contributed by atoms with Crippen molar-refractivity contribution >= 4 is 21.9 Å². The van der Waals surface area contributed by atoms with E-state index >= 15 is 0 Å². The van der Waals surface area contributed by atoms with E-state index in [9.17, 15) is 0 Å². The fourth-order valence-corrected chi connectivity index (χ4v) is 5.65.